The van der Waals surface area contributed by atoms with Gasteiger partial charge in [0.1, 0.15) is 4.21 Å². The van der Waals surface area contributed by atoms with Gasteiger partial charge in [-0.3, -0.25) is 4.31 Å². The molecule has 5 nitrogen and oxygen atoms in total. The topological polar surface area (TPSA) is 74.7 Å². The molecule has 1 heterocycles. The Morgan fingerprint density at radius 2 is 1.90 bits per heavy atom. The van der Waals surface area contributed by atoms with Crippen molar-refractivity contribution in [3.8, 4) is 0 Å². The number of carboxylic acid groups (broad SMARTS) is 1. The van der Waals surface area contributed by atoms with Crippen LogP contribution < -0.4 is 4.31 Å². The lowest BCUT2D eigenvalue weighted by Crippen LogP contribution is -2.27. The lowest BCUT2D eigenvalue weighted by molar-refractivity contribution is 0.0698. The van der Waals surface area contributed by atoms with Crippen molar-refractivity contribution in [2.24, 2.45) is 0 Å². The molecular formula is C12H10BrNO4S2. The van der Waals surface area contributed by atoms with Crippen molar-refractivity contribution < 1.29 is 18.3 Å². The minimum atomic E-state index is -3.77. The van der Waals surface area contributed by atoms with Crippen LogP contribution in [-0.4, -0.2) is 26.5 Å². The van der Waals surface area contributed by atoms with Crippen LogP contribution in [0.5, 0.6) is 0 Å². The van der Waals surface area contributed by atoms with E-state index in [1.54, 1.807) is 18.2 Å². The van der Waals surface area contributed by atoms with Crippen molar-refractivity contribution in [1.82, 2.24) is 0 Å². The Morgan fingerprint density at radius 1 is 1.25 bits per heavy atom. The van der Waals surface area contributed by atoms with Crippen molar-refractivity contribution in [2.75, 3.05) is 11.4 Å². The Bertz CT molecular complexity index is 754. The van der Waals surface area contributed by atoms with E-state index in [1.807, 2.05) is 0 Å². The fourth-order valence-corrected chi connectivity index (χ4v) is 5.03. The van der Waals surface area contributed by atoms with E-state index in [9.17, 15) is 13.2 Å². The summed E-state index contributed by atoms with van der Waals surface area (Å²) in [5.74, 6) is -1.17. The Morgan fingerprint density at radius 3 is 2.45 bits per heavy atom. The van der Waals surface area contributed by atoms with Gasteiger partial charge >= 0.3 is 5.97 Å². The van der Waals surface area contributed by atoms with Gasteiger partial charge in [0.25, 0.3) is 10.0 Å². The predicted octanol–water partition coefficient (Wildman–Crippen LogP) is 3.03. The number of para-hydroxylation sites is 1. The molecule has 1 N–H and O–H groups in total. The molecule has 0 aliphatic carbocycles. The normalized spacial score (nSPS) is 11.3. The largest absolute Gasteiger partial charge is 0.478 e. The number of anilines is 1. The number of hydrogen-bond donors (Lipinski definition) is 1. The monoisotopic (exact) mass is 375 g/mol. The molecule has 0 bridgehead atoms. The third-order valence-electron chi connectivity index (χ3n) is 2.64. The quantitative estimate of drug-likeness (QED) is 0.890. The summed E-state index contributed by atoms with van der Waals surface area (Å²) in [6.07, 6.45) is 0. The van der Waals surface area contributed by atoms with E-state index >= 15 is 0 Å². The van der Waals surface area contributed by atoms with Crippen LogP contribution in [0.2, 0.25) is 0 Å². The number of carboxylic acids is 1. The summed E-state index contributed by atoms with van der Waals surface area (Å²) >= 11 is 4.28. The molecule has 20 heavy (non-hydrogen) atoms. The van der Waals surface area contributed by atoms with Crippen LogP contribution in [0.1, 0.15) is 10.4 Å². The van der Waals surface area contributed by atoms with E-state index in [1.165, 1.54) is 25.2 Å². The highest BCUT2D eigenvalue weighted by Crippen LogP contribution is 2.31. The third kappa shape index (κ3) is 2.72. The van der Waals surface area contributed by atoms with Gasteiger partial charge in [-0.15, -0.1) is 11.3 Å². The first-order chi connectivity index (χ1) is 9.34. The van der Waals surface area contributed by atoms with Crippen LogP contribution in [0.3, 0.4) is 0 Å². The second kappa shape index (κ2) is 5.55. The van der Waals surface area contributed by atoms with Gasteiger partial charge in [0, 0.05) is 7.05 Å². The predicted molar refractivity (Wildman–Crippen MR) is 81.0 cm³/mol. The average Bonchev–Trinajstić information content (AvgIpc) is 2.85. The van der Waals surface area contributed by atoms with E-state index in [0.29, 0.717) is 3.79 Å². The molecule has 0 aliphatic heterocycles. The first kappa shape index (κ1) is 15.0. The van der Waals surface area contributed by atoms with Crippen LogP contribution >= 0.6 is 27.3 Å². The van der Waals surface area contributed by atoms with Gasteiger partial charge < -0.3 is 5.11 Å². The number of carbonyl (C=O) groups is 1. The van der Waals surface area contributed by atoms with Gasteiger partial charge in [-0.25, -0.2) is 13.2 Å². The number of nitrogens with zero attached hydrogens (tertiary/aromatic N) is 1. The average molecular weight is 376 g/mol. The molecule has 0 radical (unpaired) electrons. The van der Waals surface area contributed by atoms with Crippen molar-refractivity contribution in [3.63, 3.8) is 0 Å². The summed E-state index contributed by atoms with van der Waals surface area (Å²) in [5.41, 5.74) is 0.0683. The molecule has 0 unspecified atom stereocenters. The Labute approximate surface area is 128 Å². The first-order valence-electron chi connectivity index (χ1n) is 5.40. The molecule has 0 atom stereocenters. The van der Waals surface area contributed by atoms with Crippen molar-refractivity contribution in [3.05, 3.63) is 45.7 Å². The van der Waals surface area contributed by atoms with Gasteiger partial charge in [-0.2, -0.15) is 0 Å². The van der Waals surface area contributed by atoms with Gasteiger partial charge in [-0.05, 0) is 40.2 Å². The van der Waals surface area contributed by atoms with Crippen molar-refractivity contribution >= 4 is 48.9 Å². The molecule has 0 aliphatic rings. The summed E-state index contributed by atoms with van der Waals surface area (Å²) in [7, 11) is -2.43. The number of sulfonamides is 1. The van der Waals surface area contributed by atoms with Crippen molar-refractivity contribution in [2.45, 2.75) is 4.21 Å². The maximum atomic E-state index is 12.4. The van der Waals surface area contributed by atoms with Gasteiger partial charge in [0.05, 0.1) is 15.0 Å². The van der Waals surface area contributed by atoms with E-state index in [0.717, 1.165) is 15.6 Å². The van der Waals surface area contributed by atoms with Crippen molar-refractivity contribution in [1.29, 1.82) is 0 Å². The van der Waals surface area contributed by atoms with Gasteiger partial charge in [-0.1, -0.05) is 12.1 Å². The number of rotatable bonds is 4. The minimum Gasteiger partial charge on any atom is -0.478 e. The van der Waals surface area contributed by atoms with Crippen LogP contribution in [0.15, 0.2) is 44.4 Å². The Hall–Kier alpha value is -1.38. The highest BCUT2D eigenvalue weighted by atomic mass is 79.9. The Kier molecular flexibility index (Phi) is 4.17. The highest BCUT2D eigenvalue weighted by Gasteiger charge is 2.26. The van der Waals surface area contributed by atoms with E-state index < -0.39 is 16.0 Å². The maximum Gasteiger partial charge on any atom is 0.337 e. The lowest BCUT2D eigenvalue weighted by Gasteiger charge is -2.20. The number of aromatic carboxylic acids is 1. The standard InChI is InChI=1S/C12H10BrNO4S2/c1-14(9-5-3-2-4-8(9)12(15)16)20(17,18)11-7-6-10(13)19-11/h2-7H,1H3,(H,15,16). The molecule has 1 aromatic heterocycles. The summed E-state index contributed by atoms with van der Waals surface area (Å²) in [4.78, 5) is 11.2. The number of halogens is 1. The molecule has 2 rings (SSSR count). The minimum absolute atomic E-state index is 0.0609. The summed E-state index contributed by atoms with van der Waals surface area (Å²) < 4.78 is 26.7. The third-order valence-corrected chi connectivity index (χ3v) is 6.50. The zero-order chi connectivity index (χ0) is 14.9. The fourth-order valence-electron chi connectivity index (χ4n) is 1.63. The molecule has 106 valence electrons. The molecule has 8 heteroatoms. The van der Waals surface area contributed by atoms with Crippen LogP contribution in [0, 0.1) is 0 Å². The molecule has 0 saturated carbocycles. The van der Waals surface area contributed by atoms with E-state index in [2.05, 4.69) is 15.9 Å². The SMILES string of the molecule is CN(c1ccccc1C(=O)O)S(=O)(=O)c1ccc(Br)s1. The maximum absolute atomic E-state index is 12.4. The molecular weight excluding hydrogens is 366 g/mol. The summed E-state index contributed by atoms with van der Waals surface area (Å²) in [6, 6.07) is 9.09. The smallest absolute Gasteiger partial charge is 0.337 e. The second-order valence-corrected chi connectivity index (χ2v) is 8.51. The molecule has 0 saturated heterocycles. The van der Waals surface area contributed by atoms with Crippen LogP contribution in [0.25, 0.3) is 0 Å². The molecule has 1 aromatic carbocycles. The molecule has 0 fully saturated rings. The number of thiophene rings is 1. The highest BCUT2D eigenvalue weighted by molar-refractivity contribution is 9.11. The van der Waals surface area contributed by atoms with Gasteiger partial charge in [0.2, 0.25) is 0 Å². The first-order valence-corrected chi connectivity index (χ1v) is 8.45. The summed E-state index contributed by atoms with van der Waals surface area (Å²) in [6.45, 7) is 0. The van der Waals surface area contributed by atoms with Gasteiger partial charge in [0.15, 0.2) is 0 Å². The molecule has 0 amide bonds. The zero-order valence-electron chi connectivity index (χ0n) is 10.3. The van der Waals surface area contributed by atoms with E-state index in [4.69, 9.17) is 5.11 Å². The fraction of sp³-hybridized carbons (Fsp3) is 0.0833. The molecule has 2 aromatic rings. The molecule has 0 spiro atoms. The van der Waals surface area contributed by atoms with Crippen LogP contribution in [-0.2, 0) is 10.0 Å². The number of hydrogen-bond acceptors (Lipinski definition) is 4. The lowest BCUT2D eigenvalue weighted by atomic mass is 10.2. The van der Waals surface area contributed by atoms with E-state index in [-0.39, 0.29) is 15.5 Å². The number of benzene rings is 1. The second-order valence-electron chi connectivity index (χ2n) is 3.85. The zero-order valence-corrected chi connectivity index (χ0v) is 13.5. The van der Waals surface area contributed by atoms with Crippen LogP contribution in [0.4, 0.5) is 5.69 Å². The summed E-state index contributed by atoms with van der Waals surface area (Å²) in [5, 5.41) is 9.13. The Balaban J connectivity index is 2.51.